The largest absolute Gasteiger partial charge is 0.389 e. The molecule has 4 aromatic rings. The fraction of sp³-hybridized carbons (Fsp3) is 0.320. The van der Waals surface area contributed by atoms with Crippen LogP contribution in [0.25, 0.3) is 21.9 Å². The van der Waals surface area contributed by atoms with Crippen LogP contribution < -0.4 is 0 Å². The molecule has 1 aromatic carbocycles. The predicted octanol–water partition coefficient (Wildman–Crippen LogP) is 5.10. The second kappa shape index (κ2) is 7.60. The van der Waals surface area contributed by atoms with Gasteiger partial charge in [-0.05, 0) is 59.5 Å². The molecule has 2 aliphatic carbocycles. The van der Waals surface area contributed by atoms with Crippen molar-refractivity contribution in [1.82, 2.24) is 19.5 Å². The number of allylic oxidation sites excluding steroid dienone is 1. The molecule has 0 radical (unpaired) electrons. The number of nitrogens with zero attached hydrogens (tertiary/aromatic N) is 4. The van der Waals surface area contributed by atoms with Gasteiger partial charge >= 0.3 is 0 Å². The first-order valence-electron chi connectivity index (χ1n) is 11.0. The molecule has 5 atom stereocenters. The number of hydrogen-bond donors (Lipinski definition) is 2. The molecular formula is C25H22BrClN4O2. The molecule has 1 spiro atoms. The van der Waals surface area contributed by atoms with Gasteiger partial charge in [-0.25, -0.2) is 15.0 Å². The first-order chi connectivity index (χ1) is 15.9. The highest BCUT2D eigenvalue weighted by Crippen LogP contribution is 2.55. The third-order valence-electron chi connectivity index (χ3n) is 7.40. The highest BCUT2D eigenvalue weighted by molar-refractivity contribution is 9.10. The lowest BCUT2D eigenvalue weighted by Gasteiger charge is -2.27. The van der Waals surface area contributed by atoms with Gasteiger partial charge in [0, 0.05) is 28.3 Å². The summed E-state index contributed by atoms with van der Waals surface area (Å²) in [7, 11) is 0. The summed E-state index contributed by atoms with van der Waals surface area (Å²) < 4.78 is 2.77. The summed E-state index contributed by atoms with van der Waals surface area (Å²) in [5.74, 6) is 0.130. The van der Waals surface area contributed by atoms with Crippen molar-refractivity contribution in [2.45, 2.75) is 43.9 Å². The van der Waals surface area contributed by atoms with E-state index in [1.807, 2.05) is 35.9 Å². The van der Waals surface area contributed by atoms with Crippen molar-refractivity contribution in [3.8, 4) is 0 Å². The van der Waals surface area contributed by atoms with Crippen LogP contribution in [-0.4, -0.2) is 41.9 Å². The Morgan fingerprint density at radius 3 is 2.85 bits per heavy atom. The Labute approximate surface area is 204 Å². The van der Waals surface area contributed by atoms with Crippen molar-refractivity contribution in [3.05, 3.63) is 75.9 Å². The van der Waals surface area contributed by atoms with Gasteiger partial charge < -0.3 is 14.8 Å². The molecule has 3 heterocycles. The number of aryl methyl sites for hydroxylation is 1. The lowest BCUT2D eigenvalue weighted by Crippen LogP contribution is -2.34. The average molecular weight is 526 g/mol. The minimum Gasteiger partial charge on any atom is -0.389 e. The Kier molecular flexibility index (Phi) is 4.89. The van der Waals surface area contributed by atoms with Gasteiger partial charge in [-0.1, -0.05) is 35.9 Å². The number of pyridine rings is 1. The van der Waals surface area contributed by atoms with Gasteiger partial charge in [0.2, 0.25) is 0 Å². The Morgan fingerprint density at radius 1 is 1.15 bits per heavy atom. The van der Waals surface area contributed by atoms with Crippen molar-refractivity contribution in [1.29, 1.82) is 0 Å². The molecule has 3 aromatic heterocycles. The van der Waals surface area contributed by atoms with E-state index in [4.69, 9.17) is 11.6 Å². The van der Waals surface area contributed by atoms with Crippen LogP contribution in [0.15, 0.2) is 59.5 Å². The Bertz CT molecular complexity index is 1440. The average Bonchev–Trinajstić information content (AvgIpc) is 3.48. The molecule has 1 fully saturated rings. The van der Waals surface area contributed by atoms with Crippen molar-refractivity contribution in [3.63, 3.8) is 0 Å². The number of rotatable bonds is 2. The molecule has 0 saturated heterocycles. The quantitative estimate of drug-likeness (QED) is 0.281. The standard InChI is InChI=1S/C25H22BrClN4O2/c1-13-17-5-7-31(24(17)29-12-28-13)20-11-25(22(33)21(20)32)6-4-16(10-25)14-2-3-15-8-18(26)23(27)30-19(15)9-14/h2-9,12,16,20-22,32-33H,10-11H2,1H3/t16-,20+,21-,22-,25-/m0/s1. The van der Waals surface area contributed by atoms with Crippen LogP contribution in [0, 0.1) is 12.3 Å². The summed E-state index contributed by atoms with van der Waals surface area (Å²) in [5, 5.41) is 24.6. The van der Waals surface area contributed by atoms with Crippen LogP contribution in [0.5, 0.6) is 0 Å². The lowest BCUT2D eigenvalue weighted by atomic mass is 9.80. The van der Waals surface area contributed by atoms with E-state index < -0.39 is 17.6 Å². The molecule has 8 heteroatoms. The first-order valence-corrected chi connectivity index (χ1v) is 12.1. The van der Waals surface area contributed by atoms with Gasteiger partial charge in [0.05, 0.1) is 27.8 Å². The maximum atomic E-state index is 11.2. The minimum absolute atomic E-state index is 0.130. The fourth-order valence-corrected chi connectivity index (χ4v) is 6.11. The van der Waals surface area contributed by atoms with Gasteiger partial charge in [0.25, 0.3) is 0 Å². The molecule has 0 unspecified atom stereocenters. The van der Waals surface area contributed by atoms with E-state index in [1.54, 1.807) is 6.33 Å². The number of benzene rings is 1. The monoisotopic (exact) mass is 524 g/mol. The van der Waals surface area contributed by atoms with Gasteiger partial charge in [-0.15, -0.1) is 0 Å². The summed E-state index contributed by atoms with van der Waals surface area (Å²) in [6.07, 6.45) is 7.38. The van der Waals surface area contributed by atoms with Gasteiger partial charge in [-0.2, -0.15) is 0 Å². The normalized spacial score (nSPS) is 29.1. The summed E-state index contributed by atoms with van der Waals surface area (Å²) in [4.78, 5) is 13.2. The molecule has 0 amide bonds. The third kappa shape index (κ3) is 3.25. The summed E-state index contributed by atoms with van der Waals surface area (Å²) in [5.41, 5.74) is 3.17. The van der Waals surface area contributed by atoms with Crippen molar-refractivity contribution < 1.29 is 10.2 Å². The number of fused-ring (bicyclic) bond motifs is 2. The summed E-state index contributed by atoms with van der Waals surface area (Å²) >= 11 is 9.63. The summed E-state index contributed by atoms with van der Waals surface area (Å²) in [6.45, 7) is 1.95. The first kappa shape index (κ1) is 21.2. The summed E-state index contributed by atoms with van der Waals surface area (Å²) in [6, 6.07) is 9.91. The maximum absolute atomic E-state index is 11.2. The molecule has 1 saturated carbocycles. The van der Waals surface area contributed by atoms with Gasteiger partial charge in [0.15, 0.2) is 0 Å². The zero-order valence-corrected chi connectivity index (χ0v) is 20.2. The number of aliphatic hydroxyl groups excluding tert-OH is 2. The topological polar surface area (TPSA) is 84.1 Å². The van der Waals surface area contributed by atoms with E-state index in [-0.39, 0.29) is 12.0 Å². The highest BCUT2D eigenvalue weighted by Gasteiger charge is 2.54. The van der Waals surface area contributed by atoms with Crippen molar-refractivity contribution in [2.75, 3.05) is 0 Å². The van der Waals surface area contributed by atoms with Crippen LogP contribution >= 0.6 is 27.5 Å². The van der Waals surface area contributed by atoms with Crippen molar-refractivity contribution >= 4 is 49.5 Å². The minimum atomic E-state index is -0.881. The SMILES string of the molecule is Cc1ncnc2c1ccn2[C@@H]1C[C@@]2(C=C[C@H](c3ccc4cc(Br)c(Cl)nc4c3)C2)[C@@H](O)[C@H]1O. The Balaban J connectivity index is 1.31. The number of aromatic nitrogens is 4. The van der Waals surface area contributed by atoms with Gasteiger partial charge in [-0.3, -0.25) is 0 Å². The lowest BCUT2D eigenvalue weighted by molar-refractivity contribution is -0.0129. The molecular weight excluding hydrogens is 504 g/mol. The van der Waals surface area contributed by atoms with Crippen LogP contribution in [0.3, 0.4) is 0 Å². The molecule has 6 rings (SSSR count). The van der Waals surface area contributed by atoms with Crippen LogP contribution in [0.1, 0.15) is 36.1 Å². The molecule has 0 bridgehead atoms. The molecule has 168 valence electrons. The second-order valence-corrected chi connectivity index (χ2v) is 10.5. The number of halogens is 2. The van der Waals surface area contributed by atoms with Crippen LogP contribution in [-0.2, 0) is 0 Å². The Hall–Kier alpha value is -2.32. The third-order valence-corrected chi connectivity index (χ3v) is 8.52. The molecule has 0 aliphatic heterocycles. The van der Waals surface area contributed by atoms with E-state index in [1.165, 1.54) is 0 Å². The van der Waals surface area contributed by atoms with E-state index in [0.717, 1.165) is 44.1 Å². The van der Waals surface area contributed by atoms with Crippen LogP contribution in [0.2, 0.25) is 5.15 Å². The molecule has 2 N–H and O–H groups in total. The fourth-order valence-electron chi connectivity index (χ4n) is 5.63. The second-order valence-electron chi connectivity index (χ2n) is 9.24. The van der Waals surface area contributed by atoms with E-state index in [2.05, 4.69) is 55.2 Å². The highest BCUT2D eigenvalue weighted by atomic mass is 79.9. The zero-order valence-electron chi connectivity index (χ0n) is 17.9. The molecule has 2 aliphatic rings. The van der Waals surface area contributed by atoms with Gasteiger partial charge in [0.1, 0.15) is 23.2 Å². The molecule has 6 nitrogen and oxygen atoms in total. The Morgan fingerprint density at radius 2 is 2.00 bits per heavy atom. The number of aliphatic hydroxyl groups is 2. The van der Waals surface area contributed by atoms with Crippen molar-refractivity contribution in [2.24, 2.45) is 5.41 Å². The van der Waals surface area contributed by atoms with E-state index >= 15 is 0 Å². The van der Waals surface area contributed by atoms with E-state index in [9.17, 15) is 10.2 Å². The zero-order chi connectivity index (χ0) is 22.9. The maximum Gasteiger partial charge on any atom is 0.143 e. The van der Waals surface area contributed by atoms with E-state index in [0.29, 0.717) is 11.6 Å². The smallest absolute Gasteiger partial charge is 0.143 e. The predicted molar refractivity (Wildman–Crippen MR) is 131 cm³/mol. The number of hydrogen-bond acceptors (Lipinski definition) is 5. The van der Waals surface area contributed by atoms with Crippen LogP contribution in [0.4, 0.5) is 0 Å². The molecule has 33 heavy (non-hydrogen) atoms.